The van der Waals surface area contributed by atoms with E-state index in [0.29, 0.717) is 32.2 Å². The average Bonchev–Trinajstić information content (AvgIpc) is 2.77. The summed E-state index contributed by atoms with van der Waals surface area (Å²) in [7, 11) is 0. The van der Waals surface area contributed by atoms with Crippen molar-refractivity contribution in [3.8, 4) is 0 Å². The van der Waals surface area contributed by atoms with Gasteiger partial charge in [0.2, 0.25) is 0 Å². The minimum Gasteiger partial charge on any atom is -0.288 e. The molecule has 0 saturated carbocycles. The standard InChI is InChI=1S/C16H9N3O2/c20-15-13-9-5-1-3-7-11(9)18-19-12-8-4-2-6-10(12)14(13)16(21)17-15/h1-8H,(H,17,20,21). The Bertz CT molecular complexity index is 1090. The highest BCUT2D eigenvalue weighted by Crippen LogP contribution is 2.14. The van der Waals surface area contributed by atoms with Gasteiger partial charge in [-0.25, -0.2) is 0 Å². The third-order valence-electron chi connectivity index (χ3n) is 3.54. The van der Waals surface area contributed by atoms with Crippen LogP contribution in [0, 0.1) is 10.4 Å². The van der Waals surface area contributed by atoms with Gasteiger partial charge in [-0.05, 0) is 12.1 Å². The van der Waals surface area contributed by atoms with Crippen LogP contribution < -0.4 is 11.1 Å². The van der Waals surface area contributed by atoms with Gasteiger partial charge in [0.25, 0.3) is 11.1 Å². The first kappa shape index (κ1) is 11.7. The molecular formula is C16H9N3O2. The number of hydrogen-bond acceptors (Lipinski definition) is 4. The highest BCUT2D eigenvalue weighted by Gasteiger charge is 2.08. The number of benzene rings is 2. The van der Waals surface area contributed by atoms with Gasteiger partial charge < -0.3 is 0 Å². The quantitative estimate of drug-likeness (QED) is 0.528. The van der Waals surface area contributed by atoms with Crippen molar-refractivity contribution in [3.63, 3.8) is 0 Å². The maximum absolute atomic E-state index is 12.2. The molecule has 2 heterocycles. The molecule has 21 heavy (non-hydrogen) atoms. The van der Waals surface area contributed by atoms with Crippen LogP contribution in [0.15, 0.2) is 58.1 Å². The molecule has 0 fully saturated rings. The number of fused-ring (bicyclic) bond motifs is 4. The summed E-state index contributed by atoms with van der Waals surface area (Å²) in [5, 5.41) is 10.4. The van der Waals surface area contributed by atoms with E-state index in [9.17, 15) is 9.59 Å². The van der Waals surface area contributed by atoms with Gasteiger partial charge in [0.1, 0.15) is 0 Å². The predicted molar refractivity (Wildman–Crippen MR) is 79.2 cm³/mol. The van der Waals surface area contributed by atoms with Crippen molar-refractivity contribution in [2.45, 2.75) is 0 Å². The number of hydrogen-bond donors (Lipinski definition) is 1. The maximum atomic E-state index is 12.2. The molecule has 2 aliphatic rings. The van der Waals surface area contributed by atoms with Crippen LogP contribution in [0.5, 0.6) is 0 Å². The fourth-order valence-corrected chi connectivity index (χ4v) is 2.62. The van der Waals surface area contributed by atoms with Crippen molar-refractivity contribution in [2.75, 3.05) is 0 Å². The van der Waals surface area contributed by atoms with Crippen LogP contribution in [0.1, 0.15) is 0 Å². The zero-order valence-corrected chi connectivity index (χ0v) is 10.8. The third kappa shape index (κ3) is 1.64. The number of nitrogens with zero attached hydrogens (tertiary/aromatic N) is 2. The number of nitrogens with one attached hydrogen (secondary N) is 1. The zero-order chi connectivity index (χ0) is 14.4. The molecule has 5 heteroatoms. The smallest absolute Gasteiger partial charge is 0.259 e. The van der Waals surface area contributed by atoms with Gasteiger partial charge in [0.15, 0.2) is 0 Å². The summed E-state index contributed by atoms with van der Waals surface area (Å²) in [4.78, 5) is 26.7. The van der Waals surface area contributed by atoms with Crippen molar-refractivity contribution in [1.29, 1.82) is 0 Å². The van der Waals surface area contributed by atoms with E-state index in [2.05, 4.69) is 15.2 Å². The maximum Gasteiger partial charge on any atom is 0.259 e. The third-order valence-corrected chi connectivity index (χ3v) is 3.54. The first-order valence-corrected chi connectivity index (χ1v) is 6.46. The molecule has 5 nitrogen and oxygen atoms in total. The van der Waals surface area contributed by atoms with Crippen LogP contribution in [0.4, 0.5) is 0 Å². The summed E-state index contributed by atoms with van der Waals surface area (Å²) in [6.45, 7) is 0. The van der Waals surface area contributed by atoms with Crippen LogP contribution >= 0.6 is 0 Å². The molecule has 0 saturated heterocycles. The Morgan fingerprint density at radius 3 is 1.57 bits per heavy atom. The highest BCUT2D eigenvalue weighted by atomic mass is 16.2. The number of aromatic amines is 1. The SMILES string of the molecule is O=c1[nH]c(=O)c2c3ccccc3nnc3ccccc3c1=2. The second-order valence-electron chi connectivity index (χ2n) is 4.77. The van der Waals surface area contributed by atoms with Crippen molar-refractivity contribution in [1.82, 2.24) is 15.2 Å². The molecule has 2 aromatic rings. The fourth-order valence-electron chi connectivity index (χ4n) is 2.62. The van der Waals surface area contributed by atoms with Gasteiger partial charge in [-0.3, -0.25) is 14.6 Å². The Morgan fingerprint density at radius 1 is 0.667 bits per heavy atom. The fraction of sp³-hybridized carbons (Fsp3) is 0. The van der Waals surface area contributed by atoms with E-state index < -0.39 is 11.1 Å². The van der Waals surface area contributed by atoms with Gasteiger partial charge in [-0.1, -0.05) is 36.4 Å². The van der Waals surface area contributed by atoms with E-state index in [1.165, 1.54) is 0 Å². The molecule has 100 valence electrons. The van der Waals surface area contributed by atoms with E-state index in [-0.39, 0.29) is 0 Å². The average molecular weight is 275 g/mol. The van der Waals surface area contributed by atoms with Crippen molar-refractivity contribution >= 4 is 21.8 Å². The summed E-state index contributed by atoms with van der Waals surface area (Å²) < 4.78 is 0. The summed E-state index contributed by atoms with van der Waals surface area (Å²) >= 11 is 0. The molecule has 0 spiro atoms. The molecule has 0 aromatic heterocycles. The lowest BCUT2D eigenvalue weighted by molar-refractivity contribution is 1.12. The van der Waals surface area contributed by atoms with Gasteiger partial charge >= 0.3 is 0 Å². The Morgan fingerprint density at radius 2 is 1.10 bits per heavy atom. The van der Waals surface area contributed by atoms with Crippen LogP contribution in [0.2, 0.25) is 0 Å². The molecule has 0 bridgehead atoms. The molecule has 2 aromatic carbocycles. The first-order chi connectivity index (χ1) is 10.3. The Hall–Kier alpha value is -3.08. The Labute approximate surface area is 117 Å². The van der Waals surface area contributed by atoms with Crippen molar-refractivity contribution in [3.05, 3.63) is 79.7 Å². The summed E-state index contributed by atoms with van der Waals surface area (Å²) in [6.07, 6.45) is 0. The van der Waals surface area contributed by atoms with E-state index >= 15 is 0 Å². The minimum absolute atomic E-state index is 0.363. The lowest BCUT2D eigenvalue weighted by atomic mass is 10.1. The molecule has 2 aliphatic heterocycles. The predicted octanol–water partition coefficient (Wildman–Crippen LogP) is 1.56. The van der Waals surface area contributed by atoms with Crippen LogP contribution in [-0.4, -0.2) is 15.2 Å². The summed E-state index contributed by atoms with van der Waals surface area (Å²) in [5.74, 6) is 0. The Balaban J connectivity index is 2.60. The van der Waals surface area contributed by atoms with Gasteiger partial charge in [-0.2, -0.15) is 0 Å². The molecule has 0 amide bonds. The van der Waals surface area contributed by atoms with Crippen LogP contribution in [-0.2, 0) is 0 Å². The molecular weight excluding hydrogens is 266 g/mol. The monoisotopic (exact) mass is 275 g/mol. The summed E-state index contributed by atoms with van der Waals surface area (Å²) in [6, 6.07) is 14.3. The molecule has 1 N–H and O–H groups in total. The number of aromatic nitrogens is 3. The van der Waals surface area contributed by atoms with E-state index in [0.717, 1.165) is 0 Å². The zero-order valence-electron chi connectivity index (χ0n) is 10.8. The second kappa shape index (κ2) is 4.21. The second-order valence-corrected chi connectivity index (χ2v) is 4.77. The van der Waals surface area contributed by atoms with Crippen molar-refractivity contribution < 1.29 is 0 Å². The molecule has 0 radical (unpaired) electrons. The normalized spacial score (nSPS) is 11.2. The molecule has 0 aliphatic carbocycles. The van der Waals surface area contributed by atoms with Crippen LogP contribution in [0.25, 0.3) is 21.8 Å². The van der Waals surface area contributed by atoms with Gasteiger partial charge in [0, 0.05) is 10.8 Å². The van der Waals surface area contributed by atoms with Crippen LogP contribution in [0.3, 0.4) is 0 Å². The van der Waals surface area contributed by atoms with E-state index in [1.54, 1.807) is 24.3 Å². The largest absolute Gasteiger partial charge is 0.288 e. The minimum atomic E-state index is -0.394. The lowest BCUT2D eigenvalue weighted by Crippen LogP contribution is -2.07. The Kier molecular flexibility index (Phi) is 2.35. The molecule has 0 unspecified atom stereocenters. The molecule has 0 atom stereocenters. The number of rotatable bonds is 0. The lowest BCUT2D eigenvalue weighted by Gasteiger charge is -1.96. The van der Waals surface area contributed by atoms with E-state index in [1.807, 2.05) is 24.3 Å². The van der Waals surface area contributed by atoms with Gasteiger partial charge in [0.05, 0.1) is 21.5 Å². The molecule has 4 rings (SSSR count). The van der Waals surface area contributed by atoms with Crippen molar-refractivity contribution in [2.24, 2.45) is 0 Å². The van der Waals surface area contributed by atoms with E-state index in [4.69, 9.17) is 0 Å². The highest BCUT2D eigenvalue weighted by molar-refractivity contribution is 5.83. The number of H-pyrrole nitrogens is 1. The first-order valence-electron chi connectivity index (χ1n) is 6.46. The summed E-state index contributed by atoms with van der Waals surface area (Å²) in [5.41, 5.74) is 0.359. The van der Waals surface area contributed by atoms with Gasteiger partial charge in [-0.15, -0.1) is 10.2 Å². The topological polar surface area (TPSA) is 75.7 Å².